The van der Waals surface area contributed by atoms with E-state index >= 15 is 0 Å². The van der Waals surface area contributed by atoms with E-state index in [0.717, 1.165) is 47.9 Å². The molecule has 0 bridgehead atoms. The molecule has 0 fully saturated rings. The van der Waals surface area contributed by atoms with Crippen molar-refractivity contribution in [2.24, 2.45) is 0 Å². The predicted molar refractivity (Wildman–Crippen MR) is 91.7 cm³/mol. The van der Waals surface area contributed by atoms with Gasteiger partial charge in [0.15, 0.2) is 0 Å². The summed E-state index contributed by atoms with van der Waals surface area (Å²) in [5.74, 6) is 0.690. The van der Waals surface area contributed by atoms with Crippen molar-refractivity contribution in [3.63, 3.8) is 0 Å². The topological polar surface area (TPSA) is 40.5 Å². The maximum atomic E-state index is 10.4. The Labute approximate surface area is 133 Å². The van der Waals surface area contributed by atoms with Gasteiger partial charge in [0.1, 0.15) is 11.5 Å². The van der Waals surface area contributed by atoms with Crippen molar-refractivity contribution in [3.8, 4) is 11.5 Å². The van der Waals surface area contributed by atoms with Gasteiger partial charge in [-0.25, -0.2) is 0 Å². The van der Waals surface area contributed by atoms with Gasteiger partial charge >= 0.3 is 0 Å². The first-order valence-corrected chi connectivity index (χ1v) is 8.24. The second-order valence-electron chi connectivity index (χ2n) is 5.83. The number of benzene rings is 2. The fourth-order valence-electron chi connectivity index (χ4n) is 2.97. The highest BCUT2D eigenvalue weighted by atomic mass is 16.3. The molecule has 2 heteroatoms. The van der Waals surface area contributed by atoms with E-state index < -0.39 is 0 Å². The molecular weight excluding hydrogens is 272 g/mol. The number of aryl methyl sites for hydroxylation is 2. The van der Waals surface area contributed by atoms with Crippen molar-refractivity contribution < 1.29 is 10.2 Å². The molecule has 118 valence electrons. The summed E-state index contributed by atoms with van der Waals surface area (Å²) in [5.41, 5.74) is 4.06. The zero-order valence-corrected chi connectivity index (χ0v) is 13.8. The Morgan fingerprint density at radius 2 is 1.23 bits per heavy atom. The predicted octanol–water partition coefficient (Wildman–Crippen LogP) is 5.15. The average Bonchev–Trinajstić information content (AvgIpc) is 2.53. The van der Waals surface area contributed by atoms with Gasteiger partial charge in [0.2, 0.25) is 0 Å². The Hall–Kier alpha value is -1.96. The van der Waals surface area contributed by atoms with Crippen LogP contribution in [0.3, 0.4) is 0 Å². The van der Waals surface area contributed by atoms with Crippen molar-refractivity contribution in [2.75, 3.05) is 0 Å². The fraction of sp³-hybridized carbons (Fsp3) is 0.400. The maximum absolute atomic E-state index is 10.4. The van der Waals surface area contributed by atoms with Crippen LogP contribution in [0.1, 0.15) is 61.8 Å². The third-order valence-electron chi connectivity index (χ3n) is 4.33. The maximum Gasteiger partial charge on any atom is 0.119 e. The molecule has 0 saturated carbocycles. The summed E-state index contributed by atoms with van der Waals surface area (Å²) in [4.78, 5) is 0. The number of hydrogen-bond donors (Lipinski definition) is 2. The molecule has 2 nitrogen and oxygen atoms in total. The normalized spacial score (nSPS) is 11.1. The molecule has 0 saturated heterocycles. The van der Waals surface area contributed by atoms with Gasteiger partial charge in [-0.05, 0) is 42.5 Å². The summed E-state index contributed by atoms with van der Waals surface area (Å²) < 4.78 is 0. The lowest BCUT2D eigenvalue weighted by Crippen LogP contribution is -2.03. The summed E-state index contributed by atoms with van der Waals surface area (Å²) in [6, 6.07) is 11.8. The summed E-state index contributed by atoms with van der Waals surface area (Å²) in [7, 11) is 0. The molecule has 0 unspecified atom stereocenters. The van der Waals surface area contributed by atoms with Crippen molar-refractivity contribution in [1.82, 2.24) is 0 Å². The van der Waals surface area contributed by atoms with E-state index in [1.165, 1.54) is 0 Å². The van der Waals surface area contributed by atoms with E-state index in [0.29, 0.717) is 11.5 Å². The lowest BCUT2D eigenvalue weighted by Gasteiger charge is -2.20. The summed E-state index contributed by atoms with van der Waals surface area (Å²) in [5, 5.41) is 20.8. The molecule has 2 aromatic rings. The number of rotatable bonds is 6. The largest absolute Gasteiger partial charge is 0.508 e. The monoisotopic (exact) mass is 298 g/mol. The lowest BCUT2D eigenvalue weighted by molar-refractivity contribution is 0.449. The number of aromatic hydroxyl groups is 2. The molecule has 2 rings (SSSR count). The van der Waals surface area contributed by atoms with Gasteiger partial charge in [-0.3, -0.25) is 0 Å². The Bertz CT molecular complexity index is 578. The van der Waals surface area contributed by atoms with E-state index in [1.807, 2.05) is 24.3 Å². The quantitative estimate of drug-likeness (QED) is 0.773. The van der Waals surface area contributed by atoms with Gasteiger partial charge in [0.05, 0.1) is 0 Å². The summed E-state index contributed by atoms with van der Waals surface area (Å²) >= 11 is 0. The summed E-state index contributed by atoms with van der Waals surface area (Å²) in [6.07, 6.45) is 3.71. The zero-order chi connectivity index (χ0) is 16.1. The second-order valence-corrected chi connectivity index (χ2v) is 5.83. The molecule has 0 aliphatic heterocycles. The van der Waals surface area contributed by atoms with Crippen LogP contribution in [-0.2, 0) is 12.8 Å². The third kappa shape index (κ3) is 3.44. The number of hydrogen-bond acceptors (Lipinski definition) is 2. The minimum Gasteiger partial charge on any atom is -0.508 e. The molecule has 0 heterocycles. The minimum absolute atomic E-state index is 0.0295. The Kier molecular flexibility index (Phi) is 5.48. The smallest absolute Gasteiger partial charge is 0.119 e. The second kappa shape index (κ2) is 7.35. The molecule has 0 aliphatic rings. The molecular formula is C20H26O2. The Morgan fingerprint density at radius 3 is 1.55 bits per heavy atom. The van der Waals surface area contributed by atoms with Crippen molar-refractivity contribution in [2.45, 2.75) is 52.4 Å². The van der Waals surface area contributed by atoms with Gasteiger partial charge in [-0.2, -0.15) is 0 Å². The van der Waals surface area contributed by atoms with Gasteiger partial charge < -0.3 is 10.2 Å². The van der Waals surface area contributed by atoms with Crippen LogP contribution in [0, 0.1) is 0 Å². The van der Waals surface area contributed by atoms with Gasteiger partial charge in [0.25, 0.3) is 0 Å². The van der Waals surface area contributed by atoms with Gasteiger partial charge in [-0.1, -0.05) is 51.5 Å². The third-order valence-corrected chi connectivity index (χ3v) is 4.33. The highest BCUT2D eigenvalue weighted by molar-refractivity contribution is 5.48. The number of phenols is 2. The molecule has 0 spiro atoms. The van der Waals surface area contributed by atoms with Gasteiger partial charge in [0, 0.05) is 17.0 Å². The minimum atomic E-state index is 0.0295. The van der Waals surface area contributed by atoms with Crippen LogP contribution >= 0.6 is 0 Å². The SMILES string of the molecule is CCCC(c1ccc(CC)cc1O)c1ccc(CC)cc1O. The first-order valence-electron chi connectivity index (χ1n) is 8.24. The van der Waals surface area contributed by atoms with E-state index in [4.69, 9.17) is 0 Å². The van der Waals surface area contributed by atoms with Crippen LogP contribution in [0.2, 0.25) is 0 Å². The van der Waals surface area contributed by atoms with E-state index in [1.54, 1.807) is 0 Å². The van der Waals surface area contributed by atoms with Crippen LogP contribution in [-0.4, -0.2) is 10.2 Å². The highest BCUT2D eigenvalue weighted by Crippen LogP contribution is 2.39. The molecule has 0 radical (unpaired) electrons. The van der Waals surface area contributed by atoms with Crippen LogP contribution in [0.4, 0.5) is 0 Å². The molecule has 0 amide bonds. The number of phenolic OH excluding ortho intramolecular Hbond substituents is 2. The first-order chi connectivity index (χ1) is 10.6. The van der Waals surface area contributed by atoms with Crippen LogP contribution in [0.25, 0.3) is 0 Å². The molecule has 22 heavy (non-hydrogen) atoms. The fourth-order valence-corrected chi connectivity index (χ4v) is 2.97. The molecule has 0 atom stereocenters. The molecule has 2 aromatic carbocycles. The van der Waals surface area contributed by atoms with Crippen molar-refractivity contribution >= 4 is 0 Å². The van der Waals surface area contributed by atoms with Gasteiger partial charge in [-0.15, -0.1) is 0 Å². The van der Waals surface area contributed by atoms with Crippen LogP contribution in [0.15, 0.2) is 36.4 Å². The molecule has 2 N–H and O–H groups in total. The molecule has 0 aliphatic carbocycles. The van der Waals surface area contributed by atoms with Crippen LogP contribution in [0.5, 0.6) is 11.5 Å². The zero-order valence-electron chi connectivity index (χ0n) is 13.8. The average molecular weight is 298 g/mol. The summed E-state index contributed by atoms with van der Waals surface area (Å²) in [6.45, 7) is 6.28. The van der Waals surface area contributed by atoms with Crippen molar-refractivity contribution in [1.29, 1.82) is 0 Å². The van der Waals surface area contributed by atoms with Crippen LogP contribution < -0.4 is 0 Å². The highest BCUT2D eigenvalue weighted by Gasteiger charge is 2.20. The standard InChI is InChI=1S/C20H26O2/c1-4-7-16(17-10-8-14(5-2)12-19(17)21)18-11-9-15(6-3)13-20(18)22/h8-13,16,21-22H,4-7H2,1-3H3. The Balaban J connectivity index is 2.46. The van der Waals surface area contributed by atoms with E-state index in [9.17, 15) is 10.2 Å². The lowest BCUT2D eigenvalue weighted by atomic mass is 9.85. The van der Waals surface area contributed by atoms with E-state index in [-0.39, 0.29) is 5.92 Å². The van der Waals surface area contributed by atoms with Crippen molar-refractivity contribution in [3.05, 3.63) is 58.7 Å². The van der Waals surface area contributed by atoms with E-state index in [2.05, 4.69) is 32.9 Å². The molecule has 0 aromatic heterocycles. The Morgan fingerprint density at radius 1 is 0.773 bits per heavy atom. The first kappa shape index (κ1) is 16.4.